The van der Waals surface area contributed by atoms with Gasteiger partial charge >= 0.3 is 0 Å². The minimum absolute atomic E-state index is 0.655. The van der Waals surface area contributed by atoms with E-state index in [-0.39, 0.29) is 0 Å². The van der Waals surface area contributed by atoms with Gasteiger partial charge in [-0.25, -0.2) is 4.68 Å². The Hall–Kier alpha value is -1.42. The maximum atomic E-state index is 10.7. The Morgan fingerprint density at radius 3 is 2.61 bits per heavy atom. The fourth-order valence-corrected chi connectivity index (χ4v) is 2.75. The molecular formula is C14H15BrN2O. The van der Waals surface area contributed by atoms with Crippen molar-refractivity contribution >= 4 is 22.2 Å². The predicted molar refractivity (Wildman–Crippen MR) is 75.5 cm³/mol. The van der Waals surface area contributed by atoms with Crippen molar-refractivity contribution in [2.24, 2.45) is 0 Å². The molecule has 2 aromatic rings. The summed E-state index contributed by atoms with van der Waals surface area (Å²) in [5, 5.41) is 4.57. The first kappa shape index (κ1) is 13.0. The number of aryl methyl sites for hydroxylation is 1. The number of carbonyl (C=O) groups is 1. The fourth-order valence-electron chi connectivity index (χ4n) is 2.19. The number of hydrogen-bond donors (Lipinski definition) is 0. The molecule has 0 saturated carbocycles. The molecule has 94 valence electrons. The summed E-state index contributed by atoms with van der Waals surface area (Å²) in [4.78, 5) is 10.7. The van der Waals surface area contributed by atoms with E-state index >= 15 is 0 Å². The van der Waals surface area contributed by atoms with Gasteiger partial charge in [-0.15, -0.1) is 0 Å². The number of halogens is 1. The third-order valence-corrected chi connectivity index (χ3v) is 3.77. The molecule has 18 heavy (non-hydrogen) atoms. The molecule has 0 spiro atoms. The van der Waals surface area contributed by atoms with Gasteiger partial charge in [-0.2, -0.15) is 5.10 Å². The quantitative estimate of drug-likeness (QED) is 0.812. The van der Waals surface area contributed by atoms with Crippen molar-refractivity contribution in [1.29, 1.82) is 0 Å². The summed E-state index contributed by atoms with van der Waals surface area (Å²) in [5.74, 6) is 0. The van der Waals surface area contributed by atoms with Gasteiger partial charge in [-0.1, -0.05) is 6.92 Å². The van der Waals surface area contributed by atoms with Gasteiger partial charge in [0.05, 0.1) is 11.4 Å². The SMILES string of the molecule is CCc1c(C)nn(-c2ccc(C=O)cc2Br)c1C. The van der Waals surface area contributed by atoms with Crippen molar-refractivity contribution in [2.75, 3.05) is 0 Å². The molecule has 2 rings (SSSR count). The third-order valence-electron chi connectivity index (χ3n) is 3.13. The summed E-state index contributed by atoms with van der Waals surface area (Å²) in [6, 6.07) is 5.52. The van der Waals surface area contributed by atoms with Crippen molar-refractivity contribution in [3.63, 3.8) is 0 Å². The fraction of sp³-hybridized carbons (Fsp3) is 0.286. The summed E-state index contributed by atoms with van der Waals surface area (Å²) in [6.45, 7) is 6.22. The molecule has 0 N–H and O–H groups in total. The van der Waals surface area contributed by atoms with Crippen LogP contribution >= 0.6 is 15.9 Å². The molecule has 0 aliphatic rings. The van der Waals surface area contributed by atoms with Crippen LogP contribution in [0.1, 0.15) is 34.2 Å². The van der Waals surface area contributed by atoms with Crippen molar-refractivity contribution < 1.29 is 4.79 Å². The number of benzene rings is 1. The smallest absolute Gasteiger partial charge is 0.150 e. The monoisotopic (exact) mass is 306 g/mol. The summed E-state index contributed by atoms with van der Waals surface area (Å²) in [6.07, 6.45) is 1.81. The Morgan fingerprint density at radius 2 is 2.11 bits per heavy atom. The van der Waals surface area contributed by atoms with Crippen LogP contribution in [0.5, 0.6) is 0 Å². The second kappa shape index (κ2) is 5.06. The minimum Gasteiger partial charge on any atom is -0.298 e. The average Bonchev–Trinajstić information content (AvgIpc) is 2.64. The van der Waals surface area contributed by atoms with E-state index in [0.29, 0.717) is 5.56 Å². The minimum atomic E-state index is 0.655. The number of aldehydes is 1. The highest BCUT2D eigenvalue weighted by Crippen LogP contribution is 2.25. The summed E-state index contributed by atoms with van der Waals surface area (Å²) in [5.41, 5.74) is 5.10. The van der Waals surface area contributed by atoms with Gasteiger partial charge in [0.25, 0.3) is 0 Å². The van der Waals surface area contributed by atoms with Crippen molar-refractivity contribution in [3.05, 3.63) is 45.2 Å². The Morgan fingerprint density at radius 1 is 1.39 bits per heavy atom. The zero-order valence-electron chi connectivity index (χ0n) is 10.7. The van der Waals surface area contributed by atoms with Crippen LogP contribution in [0.3, 0.4) is 0 Å². The van der Waals surface area contributed by atoms with Gasteiger partial charge in [0.15, 0.2) is 0 Å². The molecule has 0 radical (unpaired) electrons. The van der Waals surface area contributed by atoms with Crippen LogP contribution in [0.2, 0.25) is 0 Å². The highest BCUT2D eigenvalue weighted by molar-refractivity contribution is 9.10. The number of rotatable bonds is 3. The first-order chi connectivity index (χ1) is 8.58. The zero-order valence-corrected chi connectivity index (χ0v) is 12.3. The van der Waals surface area contributed by atoms with Gasteiger partial charge in [0.1, 0.15) is 6.29 Å². The lowest BCUT2D eigenvalue weighted by molar-refractivity contribution is 0.112. The van der Waals surface area contributed by atoms with E-state index in [1.54, 1.807) is 6.07 Å². The Balaban J connectivity index is 2.59. The lowest BCUT2D eigenvalue weighted by Crippen LogP contribution is -2.01. The molecule has 0 unspecified atom stereocenters. The topological polar surface area (TPSA) is 34.9 Å². The first-order valence-electron chi connectivity index (χ1n) is 5.88. The van der Waals surface area contributed by atoms with Crippen LogP contribution in [0.25, 0.3) is 5.69 Å². The van der Waals surface area contributed by atoms with Crippen LogP contribution in [0.4, 0.5) is 0 Å². The Kier molecular flexibility index (Phi) is 3.66. The maximum absolute atomic E-state index is 10.7. The lowest BCUT2D eigenvalue weighted by Gasteiger charge is -2.08. The Labute approximate surface area is 115 Å². The van der Waals surface area contributed by atoms with Crippen LogP contribution in [0, 0.1) is 13.8 Å². The molecule has 4 heteroatoms. The molecule has 0 fully saturated rings. The third kappa shape index (κ3) is 2.12. The highest BCUT2D eigenvalue weighted by Gasteiger charge is 2.13. The van der Waals surface area contributed by atoms with E-state index in [1.807, 2.05) is 23.7 Å². The molecule has 0 aliphatic heterocycles. The first-order valence-corrected chi connectivity index (χ1v) is 6.68. The van der Waals surface area contributed by atoms with Gasteiger partial charge in [0, 0.05) is 15.7 Å². The molecule has 1 heterocycles. The van der Waals surface area contributed by atoms with Gasteiger partial charge < -0.3 is 0 Å². The summed E-state index contributed by atoms with van der Waals surface area (Å²) < 4.78 is 2.80. The van der Waals surface area contributed by atoms with Crippen LogP contribution in [-0.2, 0) is 6.42 Å². The van der Waals surface area contributed by atoms with Crippen molar-refractivity contribution in [2.45, 2.75) is 27.2 Å². The molecule has 1 aromatic heterocycles. The zero-order chi connectivity index (χ0) is 13.3. The van der Waals surface area contributed by atoms with Crippen molar-refractivity contribution in [3.8, 4) is 5.69 Å². The van der Waals surface area contributed by atoms with E-state index in [4.69, 9.17) is 0 Å². The molecule has 0 aliphatic carbocycles. The van der Waals surface area contributed by atoms with Gasteiger partial charge in [-0.05, 0) is 60.0 Å². The lowest BCUT2D eigenvalue weighted by atomic mass is 10.1. The van der Waals surface area contributed by atoms with Gasteiger partial charge in [-0.3, -0.25) is 4.79 Å². The highest BCUT2D eigenvalue weighted by atomic mass is 79.9. The standard InChI is InChI=1S/C14H15BrN2O/c1-4-12-9(2)16-17(10(12)3)14-6-5-11(8-18)7-13(14)15/h5-8H,4H2,1-3H3. The van der Waals surface area contributed by atoms with Gasteiger partial charge in [0.2, 0.25) is 0 Å². The number of carbonyl (C=O) groups excluding carboxylic acids is 1. The molecular weight excluding hydrogens is 292 g/mol. The van der Waals surface area contributed by atoms with Crippen LogP contribution in [-0.4, -0.2) is 16.1 Å². The largest absolute Gasteiger partial charge is 0.298 e. The maximum Gasteiger partial charge on any atom is 0.150 e. The molecule has 0 bridgehead atoms. The molecule has 0 atom stereocenters. The number of nitrogens with zero attached hydrogens (tertiary/aromatic N) is 2. The molecule has 0 amide bonds. The van der Waals surface area contributed by atoms with Crippen LogP contribution in [0.15, 0.2) is 22.7 Å². The average molecular weight is 307 g/mol. The summed E-state index contributed by atoms with van der Waals surface area (Å²) in [7, 11) is 0. The second-order valence-corrected chi connectivity index (χ2v) is 5.10. The Bertz CT molecular complexity index is 602. The van der Waals surface area contributed by atoms with E-state index < -0.39 is 0 Å². The summed E-state index contributed by atoms with van der Waals surface area (Å²) >= 11 is 3.49. The predicted octanol–water partition coefficient (Wildman–Crippen LogP) is 3.63. The van der Waals surface area contributed by atoms with E-state index in [2.05, 4.69) is 34.9 Å². The normalized spacial score (nSPS) is 10.7. The van der Waals surface area contributed by atoms with Crippen LogP contribution < -0.4 is 0 Å². The molecule has 0 saturated heterocycles. The second-order valence-electron chi connectivity index (χ2n) is 4.24. The van der Waals surface area contributed by atoms with E-state index in [0.717, 1.165) is 34.3 Å². The molecule has 1 aromatic carbocycles. The van der Waals surface area contributed by atoms with E-state index in [9.17, 15) is 4.79 Å². The number of hydrogen-bond acceptors (Lipinski definition) is 2. The number of aromatic nitrogens is 2. The molecule has 3 nitrogen and oxygen atoms in total. The van der Waals surface area contributed by atoms with E-state index in [1.165, 1.54) is 5.56 Å². The van der Waals surface area contributed by atoms with Crippen molar-refractivity contribution in [1.82, 2.24) is 9.78 Å².